The third-order valence-electron chi connectivity index (χ3n) is 5.89. The Bertz CT molecular complexity index is 1440. The quantitative estimate of drug-likeness (QED) is 0.366. The van der Waals surface area contributed by atoms with Gasteiger partial charge in [-0.2, -0.15) is 0 Å². The van der Waals surface area contributed by atoms with Crippen molar-refractivity contribution in [1.29, 1.82) is 0 Å². The maximum absolute atomic E-state index is 15.2. The molecule has 168 valence electrons. The molecule has 9 heteroatoms. The number of piperazine rings is 1. The number of nitrogens with zero attached hydrogens (tertiary/aromatic N) is 3. The molecule has 1 unspecified atom stereocenters. The Morgan fingerprint density at radius 2 is 2.03 bits per heavy atom. The first-order valence-electron chi connectivity index (χ1n) is 10.5. The Morgan fingerprint density at radius 1 is 1.24 bits per heavy atom. The van der Waals surface area contributed by atoms with Gasteiger partial charge < -0.3 is 24.6 Å². The molecular weight excluding hydrogens is 427 g/mol. The van der Waals surface area contributed by atoms with Crippen molar-refractivity contribution >= 4 is 33.8 Å². The van der Waals surface area contributed by atoms with E-state index < -0.39 is 17.4 Å². The Morgan fingerprint density at radius 3 is 2.79 bits per heavy atom. The third kappa shape index (κ3) is 3.87. The van der Waals surface area contributed by atoms with Crippen LogP contribution >= 0.6 is 0 Å². The van der Waals surface area contributed by atoms with Gasteiger partial charge in [-0.25, -0.2) is 14.2 Å². The molecule has 1 aliphatic rings. The minimum atomic E-state index is -1.58. The van der Waals surface area contributed by atoms with Gasteiger partial charge in [0.15, 0.2) is 5.75 Å². The SMILES string of the molecule is Cn1cc(OC(=O)O)c(=O)c2cc3cc(F)c(N4CCNC(c5ccccc5)C4)cc3nc21. The van der Waals surface area contributed by atoms with Gasteiger partial charge >= 0.3 is 6.16 Å². The zero-order valence-electron chi connectivity index (χ0n) is 17.8. The number of hydrogen-bond acceptors (Lipinski definition) is 6. The van der Waals surface area contributed by atoms with Crippen LogP contribution in [0, 0.1) is 5.82 Å². The molecule has 1 fully saturated rings. The molecule has 33 heavy (non-hydrogen) atoms. The Labute approximate surface area is 187 Å². The number of carbonyl (C=O) groups is 1. The highest BCUT2D eigenvalue weighted by atomic mass is 19.1. The van der Waals surface area contributed by atoms with Crippen molar-refractivity contribution in [2.45, 2.75) is 6.04 Å². The van der Waals surface area contributed by atoms with Gasteiger partial charge in [-0.05, 0) is 23.8 Å². The van der Waals surface area contributed by atoms with Gasteiger partial charge in [-0.1, -0.05) is 30.3 Å². The van der Waals surface area contributed by atoms with Crippen LogP contribution in [0.4, 0.5) is 14.9 Å². The second kappa shape index (κ2) is 8.18. The second-order valence-electron chi connectivity index (χ2n) is 8.02. The van der Waals surface area contributed by atoms with E-state index in [1.807, 2.05) is 23.1 Å². The van der Waals surface area contributed by atoms with Gasteiger partial charge in [-0.3, -0.25) is 4.79 Å². The van der Waals surface area contributed by atoms with Crippen LogP contribution in [0.1, 0.15) is 11.6 Å². The number of carboxylic acid groups (broad SMARTS) is 1. The number of halogens is 1. The molecule has 0 saturated carbocycles. The van der Waals surface area contributed by atoms with Crippen LogP contribution in [0.3, 0.4) is 0 Å². The van der Waals surface area contributed by atoms with Crippen LogP contribution < -0.4 is 20.4 Å². The monoisotopic (exact) mass is 448 g/mol. The number of rotatable bonds is 3. The van der Waals surface area contributed by atoms with Crippen molar-refractivity contribution in [2.24, 2.45) is 7.05 Å². The number of benzene rings is 2. The maximum Gasteiger partial charge on any atom is 0.511 e. The first-order chi connectivity index (χ1) is 15.9. The standard InChI is InChI=1S/C24H21FN4O4/c1-28-13-21(33-24(31)32)22(30)16-9-15-10-17(25)20(11-18(15)27-23(16)28)29-8-7-26-19(12-29)14-5-3-2-4-6-14/h2-6,9-11,13,19,26H,7-8,12H2,1H3,(H,31,32). The van der Waals surface area contributed by atoms with E-state index in [2.05, 4.69) is 27.2 Å². The number of hydrogen-bond donors (Lipinski definition) is 2. The Hall–Kier alpha value is -3.98. The highest BCUT2D eigenvalue weighted by molar-refractivity contribution is 5.93. The number of nitrogens with one attached hydrogen (secondary N) is 1. The van der Waals surface area contributed by atoms with E-state index >= 15 is 4.39 Å². The summed E-state index contributed by atoms with van der Waals surface area (Å²) in [4.78, 5) is 30.1. The lowest BCUT2D eigenvalue weighted by Crippen LogP contribution is -2.46. The highest BCUT2D eigenvalue weighted by Crippen LogP contribution is 2.30. The summed E-state index contributed by atoms with van der Waals surface area (Å²) >= 11 is 0. The van der Waals surface area contributed by atoms with E-state index in [0.29, 0.717) is 41.9 Å². The summed E-state index contributed by atoms with van der Waals surface area (Å²) in [5, 5.41) is 12.9. The van der Waals surface area contributed by atoms with Gasteiger partial charge in [0, 0.05) is 38.1 Å². The summed E-state index contributed by atoms with van der Waals surface area (Å²) in [6.07, 6.45) is -0.302. The van der Waals surface area contributed by atoms with Crippen molar-refractivity contribution in [2.75, 3.05) is 24.5 Å². The fourth-order valence-electron chi connectivity index (χ4n) is 4.32. The Kier molecular flexibility index (Phi) is 5.18. The molecule has 0 radical (unpaired) electrons. The second-order valence-corrected chi connectivity index (χ2v) is 8.02. The largest absolute Gasteiger partial charge is 0.511 e. The molecule has 2 N–H and O–H groups in total. The van der Waals surface area contributed by atoms with Gasteiger partial charge in [-0.15, -0.1) is 0 Å². The zero-order valence-corrected chi connectivity index (χ0v) is 17.8. The van der Waals surface area contributed by atoms with Gasteiger partial charge in [0.25, 0.3) is 0 Å². The molecule has 8 nitrogen and oxygen atoms in total. The highest BCUT2D eigenvalue weighted by Gasteiger charge is 2.24. The molecule has 0 spiro atoms. The van der Waals surface area contributed by atoms with E-state index in [-0.39, 0.29) is 17.2 Å². The lowest BCUT2D eigenvalue weighted by molar-refractivity contribution is 0.144. The van der Waals surface area contributed by atoms with Gasteiger partial charge in [0.05, 0.1) is 22.8 Å². The number of ether oxygens (including phenoxy) is 1. The first-order valence-corrected chi connectivity index (χ1v) is 10.5. The smallest absolute Gasteiger partial charge is 0.449 e. The molecule has 4 aromatic rings. The minimum absolute atomic E-state index is 0.0769. The predicted molar refractivity (Wildman–Crippen MR) is 122 cm³/mol. The molecule has 2 aromatic heterocycles. The zero-order chi connectivity index (χ0) is 23.1. The van der Waals surface area contributed by atoms with Crippen molar-refractivity contribution in [3.63, 3.8) is 0 Å². The van der Waals surface area contributed by atoms with Crippen LogP contribution in [0.2, 0.25) is 0 Å². The molecule has 0 amide bonds. The van der Waals surface area contributed by atoms with Crippen molar-refractivity contribution in [3.05, 3.63) is 76.3 Å². The average molecular weight is 448 g/mol. The normalized spacial score (nSPS) is 16.3. The molecule has 3 heterocycles. The fraction of sp³-hybridized carbons (Fsp3) is 0.208. The number of pyridine rings is 2. The van der Waals surface area contributed by atoms with Crippen LogP contribution in [-0.4, -0.2) is 40.4 Å². The predicted octanol–water partition coefficient (Wildman–Crippen LogP) is 3.43. The third-order valence-corrected chi connectivity index (χ3v) is 5.89. The first kappa shape index (κ1) is 20.9. The summed E-state index contributed by atoms with van der Waals surface area (Å²) in [6.45, 7) is 1.96. The lowest BCUT2D eigenvalue weighted by atomic mass is 10.0. The summed E-state index contributed by atoms with van der Waals surface area (Å²) in [5.74, 6) is -0.740. The summed E-state index contributed by atoms with van der Waals surface area (Å²) < 4.78 is 21.3. The molecule has 2 aromatic carbocycles. The number of anilines is 1. The van der Waals surface area contributed by atoms with Crippen molar-refractivity contribution in [3.8, 4) is 5.75 Å². The van der Waals surface area contributed by atoms with Crippen molar-refractivity contribution in [1.82, 2.24) is 14.9 Å². The lowest BCUT2D eigenvalue weighted by Gasteiger charge is -2.35. The number of aryl methyl sites for hydroxylation is 1. The fourth-order valence-corrected chi connectivity index (χ4v) is 4.32. The van der Waals surface area contributed by atoms with Crippen molar-refractivity contribution < 1.29 is 19.0 Å². The number of aromatic nitrogens is 2. The summed E-state index contributed by atoms with van der Waals surface area (Å²) in [7, 11) is 1.64. The molecule has 5 rings (SSSR count). The molecule has 0 bridgehead atoms. The molecule has 1 saturated heterocycles. The molecule has 1 atom stereocenters. The summed E-state index contributed by atoms with van der Waals surface area (Å²) in [6, 6.07) is 14.7. The topological polar surface area (TPSA) is 96.7 Å². The maximum atomic E-state index is 15.2. The van der Waals surface area contributed by atoms with Crippen LogP contribution in [0.15, 0.2) is 59.5 Å². The van der Waals surface area contributed by atoms with E-state index in [1.165, 1.54) is 22.9 Å². The van der Waals surface area contributed by atoms with E-state index in [9.17, 15) is 9.59 Å². The minimum Gasteiger partial charge on any atom is -0.449 e. The Balaban J connectivity index is 1.57. The van der Waals surface area contributed by atoms with E-state index in [4.69, 9.17) is 5.11 Å². The van der Waals surface area contributed by atoms with Gasteiger partial charge in [0.2, 0.25) is 5.43 Å². The van der Waals surface area contributed by atoms with Crippen LogP contribution in [-0.2, 0) is 7.05 Å². The van der Waals surface area contributed by atoms with E-state index in [1.54, 1.807) is 13.1 Å². The van der Waals surface area contributed by atoms with Gasteiger partial charge in [0.1, 0.15) is 11.5 Å². The van der Waals surface area contributed by atoms with E-state index in [0.717, 1.165) is 5.56 Å². The summed E-state index contributed by atoms with van der Waals surface area (Å²) in [5.41, 5.74) is 1.87. The number of fused-ring (bicyclic) bond motifs is 2. The van der Waals surface area contributed by atoms with Crippen LogP contribution in [0.5, 0.6) is 5.75 Å². The van der Waals surface area contributed by atoms with Crippen LogP contribution in [0.25, 0.3) is 21.9 Å². The average Bonchev–Trinajstić information content (AvgIpc) is 2.81. The molecular formula is C24H21FN4O4. The molecule has 0 aliphatic carbocycles. The molecule has 1 aliphatic heterocycles.